The van der Waals surface area contributed by atoms with Gasteiger partial charge in [0, 0.05) is 49.9 Å². The van der Waals surface area contributed by atoms with Gasteiger partial charge in [-0.2, -0.15) is 0 Å². The maximum atomic E-state index is 13.5. The number of benzene rings is 2. The topological polar surface area (TPSA) is 98.9 Å². The van der Waals surface area contributed by atoms with Gasteiger partial charge in [-0.3, -0.25) is 14.9 Å². The van der Waals surface area contributed by atoms with E-state index < -0.39 is 4.92 Å². The fraction of sp³-hybridized carbons (Fsp3) is 0.435. The van der Waals surface area contributed by atoms with E-state index in [0.29, 0.717) is 58.6 Å². The van der Waals surface area contributed by atoms with Crippen molar-refractivity contribution in [1.82, 2.24) is 9.88 Å². The van der Waals surface area contributed by atoms with Crippen LogP contribution >= 0.6 is 0 Å². The largest absolute Gasteiger partial charge is 0.497 e. The number of nitro groups is 1. The van der Waals surface area contributed by atoms with Crippen molar-refractivity contribution in [2.24, 2.45) is 0 Å². The van der Waals surface area contributed by atoms with Crippen LogP contribution in [0.4, 0.5) is 11.4 Å². The molecule has 9 nitrogen and oxygen atoms in total. The highest BCUT2D eigenvalue weighted by molar-refractivity contribution is 6.00. The monoisotopic (exact) mass is 440 g/mol. The van der Waals surface area contributed by atoms with Crippen LogP contribution in [0.1, 0.15) is 20.8 Å². The number of aryl methyl sites for hydroxylation is 1. The van der Waals surface area contributed by atoms with Crippen LogP contribution in [-0.2, 0) is 6.54 Å². The van der Waals surface area contributed by atoms with Gasteiger partial charge in [0.25, 0.3) is 5.69 Å². The summed E-state index contributed by atoms with van der Waals surface area (Å²) in [5, 5.41) is 16.2. The van der Waals surface area contributed by atoms with Gasteiger partial charge in [-0.05, 0) is 26.8 Å². The predicted molar refractivity (Wildman–Crippen MR) is 125 cm³/mol. The maximum Gasteiger partial charge on any atom is 0.293 e. The molecule has 0 saturated carbocycles. The number of ether oxygens (including phenoxy) is 2. The van der Waals surface area contributed by atoms with E-state index >= 15 is 0 Å². The molecule has 2 heterocycles. The Kier molecular flexibility index (Phi) is 5.68. The number of nitro benzene ring substituents is 1. The molecule has 0 amide bonds. The fourth-order valence-corrected chi connectivity index (χ4v) is 4.80. The van der Waals surface area contributed by atoms with Gasteiger partial charge >= 0.3 is 0 Å². The van der Waals surface area contributed by atoms with Crippen LogP contribution in [0.5, 0.6) is 11.5 Å². The molecular weight excluding hydrogens is 412 g/mol. The molecule has 9 heteroatoms. The minimum atomic E-state index is -0.405. The first kappa shape index (κ1) is 21.9. The van der Waals surface area contributed by atoms with Crippen LogP contribution in [0.2, 0.25) is 0 Å². The van der Waals surface area contributed by atoms with E-state index in [1.807, 2.05) is 16.4 Å². The number of nitrogens with zero attached hydrogens (tertiary/aromatic N) is 3. The summed E-state index contributed by atoms with van der Waals surface area (Å²) in [6.07, 6.45) is 0. The van der Waals surface area contributed by atoms with Crippen LogP contribution in [0.3, 0.4) is 0 Å². The van der Waals surface area contributed by atoms with Crippen molar-refractivity contribution < 1.29 is 14.4 Å². The van der Waals surface area contributed by atoms with Crippen LogP contribution in [-0.4, -0.2) is 48.9 Å². The fourth-order valence-electron chi connectivity index (χ4n) is 4.80. The number of methoxy groups -OCH3 is 2. The standard InChI is InChI=1S/C23H28N4O5/c1-6-26-17-10-18(25-11-13(2)24-14(3)12-25)19(27(29)30)9-16(17)23(28)22-20(26)7-15(31-4)8-21(22)32-5/h7-10,13-14,24H,6,11-12H2,1-5H3. The summed E-state index contributed by atoms with van der Waals surface area (Å²) >= 11 is 0. The Bertz CT molecular complexity index is 1260. The Morgan fingerprint density at radius 3 is 2.34 bits per heavy atom. The molecular formula is C23H28N4O5. The van der Waals surface area contributed by atoms with E-state index in [9.17, 15) is 14.9 Å². The predicted octanol–water partition coefficient (Wildman–Crippen LogP) is 3.29. The van der Waals surface area contributed by atoms with E-state index in [-0.39, 0.29) is 23.2 Å². The van der Waals surface area contributed by atoms with Crippen LogP contribution in [0.15, 0.2) is 29.1 Å². The van der Waals surface area contributed by atoms with E-state index in [4.69, 9.17) is 9.47 Å². The number of anilines is 1. The summed E-state index contributed by atoms with van der Waals surface area (Å²) in [7, 11) is 3.05. The molecule has 32 heavy (non-hydrogen) atoms. The molecule has 4 rings (SSSR count). The SMILES string of the molecule is CCn1c2cc(N3CC(C)NC(C)C3)c([N+](=O)[O-])cc2c(=O)c2c(OC)cc(OC)cc21. The number of fused-ring (bicyclic) bond motifs is 2. The lowest BCUT2D eigenvalue weighted by Gasteiger charge is -2.37. The quantitative estimate of drug-likeness (QED) is 0.369. The lowest BCUT2D eigenvalue weighted by molar-refractivity contribution is -0.384. The molecule has 1 saturated heterocycles. The molecule has 170 valence electrons. The molecule has 0 spiro atoms. The van der Waals surface area contributed by atoms with E-state index in [0.717, 1.165) is 0 Å². The Morgan fingerprint density at radius 1 is 1.09 bits per heavy atom. The number of hydrogen-bond acceptors (Lipinski definition) is 7. The number of piperazine rings is 1. The second kappa shape index (κ2) is 8.31. The zero-order valence-electron chi connectivity index (χ0n) is 19.0. The molecule has 0 bridgehead atoms. The second-order valence-corrected chi connectivity index (χ2v) is 8.29. The summed E-state index contributed by atoms with van der Waals surface area (Å²) < 4.78 is 12.9. The third-order valence-corrected chi connectivity index (χ3v) is 6.07. The Labute approximate surface area is 185 Å². The molecule has 0 aliphatic carbocycles. The van der Waals surface area contributed by atoms with Crippen LogP contribution in [0, 0.1) is 10.1 Å². The molecule has 2 unspecified atom stereocenters. The third kappa shape index (κ3) is 3.52. The average Bonchev–Trinajstić information content (AvgIpc) is 2.77. The first-order valence-electron chi connectivity index (χ1n) is 10.7. The number of nitrogens with one attached hydrogen (secondary N) is 1. The molecule has 1 N–H and O–H groups in total. The van der Waals surface area contributed by atoms with Crippen molar-refractivity contribution >= 4 is 33.2 Å². The summed E-state index contributed by atoms with van der Waals surface area (Å²) in [6.45, 7) is 7.94. The first-order valence-corrected chi connectivity index (χ1v) is 10.7. The lowest BCUT2D eigenvalue weighted by atomic mass is 10.0. The van der Waals surface area contributed by atoms with Gasteiger partial charge in [0.2, 0.25) is 5.43 Å². The van der Waals surface area contributed by atoms with Crippen molar-refractivity contribution in [3.05, 3.63) is 44.6 Å². The van der Waals surface area contributed by atoms with Gasteiger partial charge in [0.05, 0.1) is 40.9 Å². The molecule has 0 radical (unpaired) electrons. The zero-order valence-corrected chi connectivity index (χ0v) is 19.0. The molecule has 1 aliphatic heterocycles. The summed E-state index contributed by atoms with van der Waals surface area (Å²) in [6, 6.07) is 7.04. The van der Waals surface area contributed by atoms with Crippen molar-refractivity contribution in [1.29, 1.82) is 0 Å². The minimum absolute atomic E-state index is 0.0645. The van der Waals surface area contributed by atoms with Crippen LogP contribution in [0.25, 0.3) is 21.8 Å². The third-order valence-electron chi connectivity index (χ3n) is 6.07. The number of aromatic nitrogens is 1. The first-order chi connectivity index (χ1) is 15.3. The minimum Gasteiger partial charge on any atom is -0.497 e. The molecule has 1 aliphatic rings. The molecule has 1 fully saturated rings. The van der Waals surface area contributed by atoms with Crippen LogP contribution < -0.4 is 25.1 Å². The Morgan fingerprint density at radius 2 is 1.78 bits per heavy atom. The number of pyridine rings is 1. The van der Waals surface area contributed by atoms with Gasteiger partial charge in [-0.1, -0.05) is 0 Å². The lowest BCUT2D eigenvalue weighted by Crippen LogP contribution is -2.54. The van der Waals surface area contributed by atoms with Crippen molar-refractivity contribution in [2.45, 2.75) is 39.4 Å². The number of rotatable bonds is 5. The number of hydrogen-bond donors (Lipinski definition) is 1. The van der Waals surface area contributed by atoms with Gasteiger partial charge in [-0.15, -0.1) is 0 Å². The van der Waals surface area contributed by atoms with Crippen molar-refractivity contribution in [3.8, 4) is 11.5 Å². The normalized spacial score (nSPS) is 18.8. The van der Waals surface area contributed by atoms with E-state index in [1.165, 1.54) is 13.2 Å². The maximum absolute atomic E-state index is 13.5. The highest BCUT2D eigenvalue weighted by Gasteiger charge is 2.29. The van der Waals surface area contributed by atoms with Crippen molar-refractivity contribution in [2.75, 3.05) is 32.2 Å². The highest BCUT2D eigenvalue weighted by Crippen LogP contribution is 2.37. The van der Waals surface area contributed by atoms with Gasteiger partial charge in [0.1, 0.15) is 17.2 Å². The molecule has 2 atom stereocenters. The van der Waals surface area contributed by atoms with E-state index in [2.05, 4.69) is 19.2 Å². The summed E-state index contributed by atoms with van der Waals surface area (Å²) in [4.78, 5) is 27.2. The Hall–Kier alpha value is -3.33. The van der Waals surface area contributed by atoms with Gasteiger partial charge in [0.15, 0.2) is 0 Å². The molecule has 2 aromatic carbocycles. The van der Waals surface area contributed by atoms with Gasteiger partial charge in [-0.25, -0.2) is 0 Å². The smallest absolute Gasteiger partial charge is 0.293 e. The molecule has 3 aromatic rings. The van der Waals surface area contributed by atoms with Crippen molar-refractivity contribution in [3.63, 3.8) is 0 Å². The van der Waals surface area contributed by atoms with E-state index in [1.54, 1.807) is 25.3 Å². The average molecular weight is 441 g/mol. The van der Waals surface area contributed by atoms with Gasteiger partial charge < -0.3 is 24.3 Å². The zero-order chi connectivity index (χ0) is 23.2. The second-order valence-electron chi connectivity index (χ2n) is 8.29. The summed E-state index contributed by atoms with van der Waals surface area (Å²) in [5.74, 6) is 0.951. The molecule has 1 aromatic heterocycles. The Balaban J connectivity index is 2.10. The summed E-state index contributed by atoms with van der Waals surface area (Å²) in [5.41, 5.74) is 1.49. The highest BCUT2D eigenvalue weighted by atomic mass is 16.6.